The van der Waals surface area contributed by atoms with E-state index in [1.807, 2.05) is 42.5 Å². The molecule has 0 saturated carbocycles. The molecule has 3 aromatic carbocycles. The Kier molecular flexibility index (Phi) is 4.83. The van der Waals surface area contributed by atoms with Crippen LogP contribution in [0.15, 0.2) is 66.7 Å². The van der Waals surface area contributed by atoms with Crippen LogP contribution in [0, 0.1) is 0 Å². The molecule has 0 spiro atoms. The summed E-state index contributed by atoms with van der Waals surface area (Å²) >= 11 is 0. The highest BCUT2D eigenvalue weighted by Gasteiger charge is 2.11. The third-order valence-corrected chi connectivity index (χ3v) is 4.73. The molecule has 0 aliphatic carbocycles. The number of carbonyl (C=O) groups excluding carboxylic acids is 1. The summed E-state index contributed by atoms with van der Waals surface area (Å²) < 4.78 is 5.18. The number of fused-ring (bicyclic) bond motifs is 1. The number of ketones is 1. The molecule has 0 aliphatic rings. The van der Waals surface area contributed by atoms with Gasteiger partial charge in [0, 0.05) is 17.5 Å². The Labute approximate surface area is 166 Å². The predicted molar refractivity (Wildman–Crippen MR) is 110 cm³/mol. The molecule has 0 bridgehead atoms. The average molecular weight is 386 g/mol. The number of H-pyrrole nitrogens is 1. The third kappa shape index (κ3) is 3.87. The number of aromatic amines is 1. The first-order valence-electron chi connectivity index (χ1n) is 9.03. The fourth-order valence-corrected chi connectivity index (χ4v) is 3.14. The lowest BCUT2D eigenvalue weighted by Gasteiger charge is -2.03. The quantitative estimate of drug-likeness (QED) is 0.480. The van der Waals surface area contributed by atoms with Crippen molar-refractivity contribution in [2.45, 2.75) is 6.42 Å². The largest absolute Gasteiger partial charge is 0.497 e. The van der Waals surface area contributed by atoms with Crippen molar-refractivity contribution in [1.29, 1.82) is 0 Å². The van der Waals surface area contributed by atoms with E-state index < -0.39 is 5.97 Å². The number of hydrogen-bond acceptors (Lipinski definition) is 4. The van der Waals surface area contributed by atoms with Crippen LogP contribution in [-0.4, -0.2) is 33.9 Å². The summed E-state index contributed by atoms with van der Waals surface area (Å²) in [5, 5.41) is 8.96. The van der Waals surface area contributed by atoms with Crippen LogP contribution in [0.1, 0.15) is 26.3 Å². The topological polar surface area (TPSA) is 92.3 Å². The molecule has 29 heavy (non-hydrogen) atoms. The van der Waals surface area contributed by atoms with E-state index in [9.17, 15) is 9.59 Å². The van der Waals surface area contributed by atoms with Crippen molar-refractivity contribution >= 4 is 22.8 Å². The zero-order valence-corrected chi connectivity index (χ0v) is 15.7. The Hall–Kier alpha value is -3.93. The predicted octanol–water partition coefficient (Wildman–Crippen LogP) is 4.36. The van der Waals surface area contributed by atoms with E-state index >= 15 is 0 Å². The average Bonchev–Trinajstić information content (AvgIpc) is 3.17. The number of methoxy groups -OCH3 is 1. The highest BCUT2D eigenvalue weighted by atomic mass is 16.5. The smallest absolute Gasteiger partial charge is 0.335 e. The third-order valence-electron chi connectivity index (χ3n) is 4.73. The molecule has 6 nitrogen and oxygen atoms in total. The van der Waals surface area contributed by atoms with Gasteiger partial charge in [-0.3, -0.25) is 4.79 Å². The van der Waals surface area contributed by atoms with Gasteiger partial charge in [0.05, 0.1) is 23.7 Å². The van der Waals surface area contributed by atoms with E-state index in [1.165, 1.54) is 12.1 Å². The summed E-state index contributed by atoms with van der Waals surface area (Å²) in [6.45, 7) is 0. The fraction of sp³-hybridized carbons (Fsp3) is 0.0870. The molecule has 4 aromatic rings. The van der Waals surface area contributed by atoms with Gasteiger partial charge in [-0.05, 0) is 54.1 Å². The molecule has 0 saturated heterocycles. The minimum Gasteiger partial charge on any atom is -0.497 e. The first kappa shape index (κ1) is 18.4. The molecule has 0 fully saturated rings. The number of rotatable bonds is 6. The lowest BCUT2D eigenvalue weighted by molar-refractivity contribution is 0.0696. The first-order chi connectivity index (χ1) is 14.0. The maximum atomic E-state index is 12.5. The van der Waals surface area contributed by atoms with E-state index in [0.29, 0.717) is 5.56 Å². The maximum absolute atomic E-state index is 12.5. The summed E-state index contributed by atoms with van der Waals surface area (Å²) in [6.07, 6.45) is 0.221. The molecule has 144 valence electrons. The van der Waals surface area contributed by atoms with Gasteiger partial charge in [-0.15, -0.1) is 0 Å². The van der Waals surface area contributed by atoms with Gasteiger partial charge >= 0.3 is 5.97 Å². The van der Waals surface area contributed by atoms with Crippen molar-refractivity contribution in [3.8, 4) is 17.1 Å². The van der Waals surface area contributed by atoms with Crippen molar-refractivity contribution in [3.63, 3.8) is 0 Å². The van der Waals surface area contributed by atoms with Crippen LogP contribution in [-0.2, 0) is 6.42 Å². The number of aromatic carboxylic acids is 1. The number of nitrogens with one attached hydrogen (secondary N) is 1. The molecular formula is C23H18N2O4. The summed E-state index contributed by atoms with van der Waals surface area (Å²) in [5.74, 6) is 0.440. The molecule has 0 aliphatic heterocycles. The zero-order valence-electron chi connectivity index (χ0n) is 15.7. The van der Waals surface area contributed by atoms with Crippen molar-refractivity contribution in [1.82, 2.24) is 9.97 Å². The number of carbonyl (C=O) groups is 2. The molecule has 6 heteroatoms. The van der Waals surface area contributed by atoms with E-state index in [0.717, 1.165) is 33.7 Å². The second-order valence-corrected chi connectivity index (χ2v) is 6.65. The van der Waals surface area contributed by atoms with Crippen molar-refractivity contribution < 1.29 is 19.4 Å². The van der Waals surface area contributed by atoms with Gasteiger partial charge in [0.25, 0.3) is 0 Å². The number of imidazole rings is 1. The van der Waals surface area contributed by atoms with E-state index in [1.54, 1.807) is 19.2 Å². The van der Waals surface area contributed by atoms with Crippen LogP contribution in [0.5, 0.6) is 5.75 Å². The highest BCUT2D eigenvalue weighted by Crippen LogP contribution is 2.24. The van der Waals surface area contributed by atoms with Crippen LogP contribution in [0.4, 0.5) is 0 Å². The summed E-state index contributed by atoms with van der Waals surface area (Å²) in [7, 11) is 1.62. The monoisotopic (exact) mass is 386 g/mol. The van der Waals surface area contributed by atoms with Gasteiger partial charge in [-0.1, -0.05) is 18.2 Å². The lowest BCUT2D eigenvalue weighted by Crippen LogP contribution is -2.04. The Morgan fingerprint density at radius 3 is 2.31 bits per heavy atom. The van der Waals surface area contributed by atoms with Crippen LogP contribution >= 0.6 is 0 Å². The van der Waals surface area contributed by atoms with Crippen molar-refractivity contribution in [2.24, 2.45) is 0 Å². The molecule has 4 rings (SSSR count). The standard InChI is InChI=1S/C23H18N2O4/c1-29-18-9-7-16(8-10-18)22-24-19-11-2-14(12-20(19)25-22)13-21(26)15-3-5-17(6-4-15)23(27)28/h2-12H,13H2,1H3,(H,24,25)(H,27,28). The van der Waals surface area contributed by atoms with E-state index in [2.05, 4.69) is 9.97 Å². The van der Waals surface area contributed by atoms with E-state index in [-0.39, 0.29) is 17.8 Å². The SMILES string of the molecule is COc1ccc(-c2nc3ccc(CC(=O)c4ccc(C(=O)O)cc4)cc3[nH]2)cc1. The summed E-state index contributed by atoms with van der Waals surface area (Å²) in [6, 6.07) is 19.3. The van der Waals surface area contributed by atoms with Gasteiger partial charge in [-0.2, -0.15) is 0 Å². The van der Waals surface area contributed by atoms with Crippen molar-refractivity contribution in [3.05, 3.63) is 83.4 Å². The number of Topliss-reactive ketones (excluding diaryl/α,β-unsaturated/α-hetero) is 1. The molecule has 0 amide bonds. The Bertz CT molecular complexity index is 1190. The molecule has 2 N–H and O–H groups in total. The second kappa shape index (κ2) is 7.59. The maximum Gasteiger partial charge on any atom is 0.335 e. The Morgan fingerprint density at radius 1 is 0.966 bits per heavy atom. The molecule has 0 unspecified atom stereocenters. The molecule has 0 radical (unpaired) electrons. The molecular weight excluding hydrogens is 368 g/mol. The van der Waals surface area contributed by atoms with E-state index in [4.69, 9.17) is 9.84 Å². The second-order valence-electron chi connectivity index (χ2n) is 6.65. The first-order valence-corrected chi connectivity index (χ1v) is 9.03. The summed E-state index contributed by atoms with van der Waals surface area (Å²) in [5.41, 5.74) is 4.11. The van der Waals surface area contributed by atoms with Crippen LogP contribution in [0.2, 0.25) is 0 Å². The van der Waals surface area contributed by atoms with Gasteiger partial charge in [0.1, 0.15) is 11.6 Å². The number of carboxylic acids is 1. The number of aromatic nitrogens is 2. The summed E-state index contributed by atoms with van der Waals surface area (Å²) in [4.78, 5) is 31.4. The van der Waals surface area contributed by atoms with Crippen LogP contribution in [0.3, 0.4) is 0 Å². The van der Waals surface area contributed by atoms with Gasteiger partial charge < -0.3 is 14.8 Å². The Balaban J connectivity index is 1.55. The lowest BCUT2D eigenvalue weighted by atomic mass is 10.0. The van der Waals surface area contributed by atoms with Crippen LogP contribution in [0.25, 0.3) is 22.4 Å². The van der Waals surface area contributed by atoms with Crippen molar-refractivity contribution in [2.75, 3.05) is 7.11 Å². The van der Waals surface area contributed by atoms with Gasteiger partial charge in [-0.25, -0.2) is 9.78 Å². The normalized spacial score (nSPS) is 10.8. The van der Waals surface area contributed by atoms with Gasteiger partial charge in [0.2, 0.25) is 0 Å². The highest BCUT2D eigenvalue weighted by molar-refractivity contribution is 5.99. The number of ether oxygens (including phenoxy) is 1. The molecule has 1 aromatic heterocycles. The van der Waals surface area contributed by atoms with Gasteiger partial charge in [0.15, 0.2) is 5.78 Å². The minimum atomic E-state index is -1.01. The van der Waals surface area contributed by atoms with Crippen LogP contribution < -0.4 is 4.74 Å². The number of carboxylic acid groups (broad SMARTS) is 1. The Morgan fingerprint density at radius 2 is 1.66 bits per heavy atom. The number of nitrogens with zero attached hydrogens (tertiary/aromatic N) is 1. The molecule has 1 heterocycles. The fourth-order valence-electron chi connectivity index (χ4n) is 3.14. The number of benzene rings is 3. The molecule has 0 atom stereocenters. The zero-order chi connectivity index (χ0) is 20.4. The minimum absolute atomic E-state index is 0.0730. The number of hydrogen-bond donors (Lipinski definition) is 2.